The Hall–Kier alpha value is -1.30. The van der Waals surface area contributed by atoms with Gasteiger partial charge in [0.15, 0.2) is 0 Å². The summed E-state index contributed by atoms with van der Waals surface area (Å²) in [5.41, 5.74) is -0.638. The summed E-state index contributed by atoms with van der Waals surface area (Å²) in [5, 5.41) is 3.24. The van der Waals surface area contributed by atoms with Crippen molar-refractivity contribution in [1.29, 1.82) is 0 Å². The van der Waals surface area contributed by atoms with Gasteiger partial charge in [0.2, 0.25) is 0 Å². The largest absolute Gasteiger partial charge is 0.416 e. The third kappa shape index (κ3) is 2.75. The molecular weight excluding hydrogens is 243 g/mol. The molecule has 1 aromatic heterocycles. The van der Waals surface area contributed by atoms with E-state index in [9.17, 15) is 13.2 Å². The molecule has 0 aromatic carbocycles. The van der Waals surface area contributed by atoms with Crippen LogP contribution in [0, 0.1) is 0 Å². The summed E-state index contributed by atoms with van der Waals surface area (Å²) < 4.78 is 38.0. The highest BCUT2D eigenvalue weighted by Crippen LogP contribution is 2.31. The second-order valence-electron chi connectivity index (χ2n) is 4.36. The monoisotopic (exact) mass is 259 g/mol. The molecule has 0 aliphatic carbocycles. The second-order valence-corrected chi connectivity index (χ2v) is 4.36. The van der Waals surface area contributed by atoms with Gasteiger partial charge in [0, 0.05) is 31.9 Å². The Labute approximate surface area is 104 Å². The molecule has 0 saturated carbocycles. The minimum absolute atomic E-state index is 0.203. The number of piperazine rings is 1. The highest BCUT2D eigenvalue weighted by molar-refractivity contribution is 5.43. The van der Waals surface area contributed by atoms with E-state index in [1.165, 1.54) is 6.20 Å². The predicted molar refractivity (Wildman–Crippen MR) is 63.5 cm³/mol. The minimum atomic E-state index is -4.31. The Kier molecular flexibility index (Phi) is 3.75. The first-order valence-electron chi connectivity index (χ1n) is 6.03. The molecule has 0 radical (unpaired) electrons. The summed E-state index contributed by atoms with van der Waals surface area (Å²) in [5.74, 6) is 0.415. The number of aromatic nitrogens is 1. The molecule has 100 valence electrons. The number of hydrogen-bond donors (Lipinski definition) is 1. The maximum Gasteiger partial charge on any atom is 0.416 e. The molecule has 6 heteroatoms. The molecule has 3 nitrogen and oxygen atoms in total. The molecule has 2 rings (SSSR count). The van der Waals surface area contributed by atoms with Gasteiger partial charge in [0.05, 0.1) is 5.56 Å². The number of nitrogens with zero attached hydrogens (tertiary/aromatic N) is 2. The van der Waals surface area contributed by atoms with Crippen LogP contribution < -0.4 is 10.2 Å². The molecular formula is C12H16F3N3. The van der Waals surface area contributed by atoms with E-state index >= 15 is 0 Å². The van der Waals surface area contributed by atoms with Crippen LogP contribution in [0.3, 0.4) is 0 Å². The molecule has 1 fully saturated rings. The first-order chi connectivity index (χ1) is 8.52. The molecule has 0 amide bonds. The van der Waals surface area contributed by atoms with Crippen LogP contribution in [0.5, 0.6) is 0 Å². The van der Waals surface area contributed by atoms with Crippen molar-refractivity contribution in [2.45, 2.75) is 25.6 Å². The van der Waals surface area contributed by atoms with Crippen molar-refractivity contribution >= 4 is 5.82 Å². The van der Waals surface area contributed by atoms with Crippen LogP contribution in [0.15, 0.2) is 18.3 Å². The van der Waals surface area contributed by atoms with Crippen LogP contribution in [0.2, 0.25) is 0 Å². The van der Waals surface area contributed by atoms with Gasteiger partial charge in [-0.2, -0.15) is 13.2 Å². The lowest BCUT2D eigenvalue weighted by molar-refractivity contribution is -0.137. The van der Waals surface area contributed by atoms with Gasteiger partial charge in [-0.05, 0) is 18.6 Å². The van der Waals surface area contributed by atoms with Crippen LogP contribution in [-0.2, 0) is 6.18 Å². The van der Waals surface area contributed by atoms with E-state index in [1.54, 1.807) is 0 Å². The summed E-state index contributed by atoms with van der Waals surface area (Å²) in [7, 11) is 0. The molecule has 1 atom stereocenters. The molecule has 18 heavy (non-hydrogen) atoms. The van der Waals surface area contributed by atoms with E-state index in [2.05, 4.69) is 10.3 Å². The predicted octanol–water partition coefficient (Wildman–Crippen LogP) is 2.29. The van der Waals surface area contributed by atoms with Gasteiger partial charge in [0.25, 0.3) is 0 Å². The summed E-state index contributed by atoms with van der Waals surface area (Å²) in [4.78, 5) is 6.02. The Morgan fingerprint density at radius 2 is 2.28 bits per heavy atom. The first kappa shape index (κ1) is 13.1. The lowest BCUT2D eigenvalue weighted by Gasteiger charge is -2.36. The van der Waals surface area contributed by atoms with E-state index in [0.717, 1.165) is 31.6 Å². The average molecular weight is 259 g/mol. The molecule has 1 N–H and O–H groups in total. The van der Waals surface area contributed by atoms with Gasteiger partial charge in [-0.15, -0.1) is 0 Å². The molecule has 1 aliphatic heterocycles. The van der Waals surface area contributed by atoms with E-state index in [-0.39, 0.29) is 6.04 Å². The lowest BCUT2D eigenvalue weighted by atomic mass is 10.1. The summed E-state index contributed by atoms with van der Waals surface area (Å²) in [6.07, 6.45) is -2.20. The fourth-order valence-electron chi connectivity index (χ4n) is 2.18. The van der Waals surface area contributed by atoms with Gasteiger partial charge >= 0.3 is 6.18 Å². The summed E-state index contributed by atoms with van der Waals surface area (Å²) in [6, 6.07) is 2.34. The van der Waals surface area contributed by atoms with Gasteiger partial charge in [-0.3, -0.25) is 0 Å². The van der Waals surface area contributed by atoms with E-state index in [0.29, 0.717) is 12.4 Å². The van der Waals surface area contributed by atoms with Gasteiger partial charge in [-0.25, -0.2) is 4.98 Å². The van der Waals surface area contributed by atoms with Crippen molar-refractivity contribution in [3.8, 4) is 0 Å². The number of anilines is 1. The molecule has 0 bridgehead atoms. The molecule has 1 unspecified atom stereocenters. The zero-order valence-corrected chi connectivity index (χ0v) is 10.2. The fourth-order valence-corrected chi connectivity index (χ4v) is 2.18. The normalized spacial score (nSPS) is 21.1. The van der Waals surface area contributed by atoms with Crippen molar-refractivity contribution < 1.29 is 13.2 Å². The highest BCUT2D eigenvalue weighted by Gasteiger charge is 2.32. The number of alkyl halides is 3. The highest BCUT2D eigenvalue weighted by atomic mass is 19.4. The maximum absolute atomic E-state index is 12.7. The Morgan fingerprint density at radius 1 is 1.50 bits per heavy atom. The van der Waals surface area contributed by atoms with Crippen molar-refractivity contribution in [3.05, 3.63) is 23.9 Å². The van der Waals surface area contributed by atoms with Gasteiger partial charge in [0.1, 0.15) is 5.82 Å². The molecule has 1 aromatic rings. The smallest absolute Gasteiger partial charge is 0.351 e. The third-order valence-electron chi connectivity index (χ3n) is 3.19. The van der Waals surface area contributed by atoms with Gasteiger partial charge < -0.3 is 10.2 Å². The van der Waals surface area contributed by atoms with Crippen molar-refractivity contribution in [2.75, 3.05) is 24.5 Å². The zero-order valence-electron chi connectivity index (χ0n) is 10.2. The van der Waals surface area contributed by atoms with E-state index in [4.69, 9.17) is 0 Å². The van der Waals surface area contributed by atoms with Crippen molar-refractivity contribution in [2.24, 2.45) is 0 Å². The molecule has 1 aliphatic rings. The van der Waals surface area contributed by atoms with Crippen molar-refractivity contribution in [3.63, 3.8) is 0 Å². The third-order valence-corrected chi connectivity index (χ3v) is 3.19. The number of rotatable bonds is 2. The Balaban J connectivity index is 2.27. The SMILES string of the molecule is CCC1CNCCN1c1cc(C(F)(F)F)ccn1. The molecule has 0 spiro atoms. The van der Waals surface area contributed by atoms with E-state index in [1.807, 2.05) is 11.8 Å². The quantitative estimate of drug-likeness (QED) is 0.883. The maximum atomic E-state index is 12.7. The van der Waals surface area contributed by atoms with Crippen LogP contribution in [0.25, 0.3) is 0 Å². The zero-order chi connectivity index (χ0) is 13.2. The van der Waals surface area contributed by atoms with Crippen LogP contribution in [-0.4, -0.2) is 30.7 Å². The van der Waals surface area contributed by atoms with Crippen LogP contribution in [0.1, 0.15) is 18.9 Å². The topological polar surface area (TPSA) is 28.2 Å². The van der Waals surface area contributed by atoms with Gasteiger partial charge in [-0.1, -0.05) is 6.92 Å². The number of pyridine rings is 1. The molecule has 1 saturated heterocycles. The van der Waals surface area contributed by atoms with Crippen molar-refractivity contribution in [1.82, 2.24) is 10.3 Å². The average Bonchev–Trinajstić information content (AvgIpc) is 2.38. The minimum Gasteiger partial charge on any atom is -0.351 e. The number of nitrogens with one attached hydrogen (secondary N) is 1. The first-order valence-corrected chi connectivity index (χ1v) is 6.03. The fraction of sp³-hybridized carbons (Fsp3) is 0.583. The van der Waals surface area contributed by atoms with Crippen LogP contribution in [0.4, 0.5) is 19.0 Å². The standard InChI is InChI=1S/C12H16F3N3/c1-2-10-8-16-5-6-18(10)11-7-9(3-4-17-11)12(13,14)15/h3-4,7,10,16H,2,5-6,8H2,1H3. The molecule has 2 heterocycles. The number of hydrogen-bond acceptors (Lipinski definition) is 3. The number of halogens is 3. The summed E-state index contributed by atoms with van der Waals surface area (Å²) >= 11 is 0. The van der Waals surface area contributed by atoms with E-state index < -0.39 is 11.7 Å². The Bertz CT molecular complexity index is 406. The Morgan fingerprint density at radius 3 is 2.94 bits per heavy atom. The second kappa shape index (κ2) is 5.14. The van der Waals surface area contributed by atoms with Crippen LogP contribution >= 0.6 is 0 Å². The lowest BCUT2D eigenvalue weighted by Crippen LogP contribution is -2.51. The summed E-state index contributed by atoms with van der Waals surface area (Å²) in [6.45, 7) is 4.27.